The van der Waals surface area contributed by atoms with Crippen LogP contribution in [0.4, 0.5) is 0 Å². The molecule has 0 saturated carbocycles. The van der Waals surface area contributed by atoms with Crippen LogP contribution in [0.15, 0.2) is 127 Å². The molecule has 0 saturated heterocycles. The number of benzene rings is 3. The van der Waals surface area contributed by atoms with E-state index >= 15 is 0 Å². The topological polar surface area (TPSA) is 801 Å². The van der Waals surface area contributed by atoms with Gasteiger partial charge in [0.15, 0.2) is 34.5 Å². The molecule has 0 unspecified atom stereocenters. The molecular formula is C66H89N13O28V4-2. The van der Waals surface area contributed by atoms with Gasteiger partial charge in [-0.3, -0.25) is 58.3 Å². The number of aromatic nitrogens is 4. The van der Waals surface area contributed by atoms with Crippen LogP contribution in [0.3, 0.4) is 0 Å². The van der Waals surface area contributed by atoms with E-state index in [9.17, 15) is 38.4 Å². The maximum absolute atomic E-state index is 10.3. The molecule has 0 fully saturated rings. The third-order valence-corrected chi connectivity index (χ3v) is 10.9. The van der Waals surface area contributed by atoms with Crippen LogP contribution in [0, 0.1) is 0 Å². The van der Waals surface area contributed by atoms with Crippen molar-refractivity contribution in [1.82, 2.24) is 19.9 Å². The minimum atomic E-state index is -1.56. The molecule has 0 spiro atoms. The van der Waals surface area contributed by atoms with Crippen LogP contribution in [-0.4, -0.2) is 206 Å². The number of aliphatic carboxylic acids is 8. The van der Waals surface area contributed by atoms with Crippen LogP contribution in [0.5, 0.6) is 34.5 Å². The Hall–Kier alpha value is -10.1. The van der Waals surface area contributed by atoms with Crippen molar-refractivity contribution >= 4 is 47.8 Å². The second kappa shape index (κ2) is 78.1. The summed E-state index contributed by atoms with van der Waals surface area (Å²) in [5.74, 6) is -8.53. The molecule has 608 valence electrons. The molecule has 4 aromatic heterocycles. The van der Waals surface area contributed by atoms with Crippen molar-refractivity contribution in [2.45, 2.75) is 70.6 Å². The zero-order valence-corrected chi connectivity index (χ0v) is 64.7. The van der Waals surface area contributed by atoms with E-state index < -0.39 is 80.9 Å². The number of carbonyl (C=O) groups is 8. The van der Waals surface area contributed by atoms with E-state index in [1.54, 1.807) is 91.0 Å². The fourth-order valence-electron chi connectivity index (χ4n) is 6.75. The quantitative estimate of drug-likeness (QED) is 0.0341. The fourth-order valence-corrected chi connectivity index (χ4v) is 6.75. The Labute approximate surface area is 669 Å². The van der Waals surface area contributed by atoms with Gasteiger partial charge in [-0.1, -0.05) is 42.5 Å². The summed E-state index contributed by atoms with van der Waals surface area (Å²) in [6.45, 7) is 3.39. The molecule has 7 rings (SSSR count). The Balaban J connectivity index is -0.000000218. The molecule has 4 heterocycles. The van der Waals surface area contributed by atoms with Gasteiger partial charge in [-0.05, 0) is 141 Å². The first-order chi connectivity index (χ1) is 52.6. The number of nitrogens with zero attached hydrogens (tertiary/aromatic N) is 4. The number of hydrogen-bond acceptors (Lipinski definition) is 25. The van der Waals surface area contributed by atoms with Crippen LogP contribution < -0.4 is 17.2 Å². The predicted octanol–water partition coefficient (Wildman–Crippen LogP) is 4.81. The van der Waals surface area contributed by atoms with Crippen LogP contribution in [-0.2, 0) is 192 Å². The zero-order chi connectivity index (χ0) is 86.7. The molecule has 0 radical (unpaired) electrons. The Morgan fingerprint density at radius 3 is 0.523 bits per heavy atom. The van der Waals surface area contributed by atoms with Crippen molar-refractivity contribution in [2.24, 2.45) is 17.2 Å². The van der Waals surface area contributed by atoms with Crippen molar-refractivity contribution < 1.29 is 201 Å². The first-order valence-corrected chi connectivity index (χ1v) is 34.5. The van der Waals surface area contributed by atoms with Crippen LogP contribution in [0.1, 0.15) is 62.2 Å². The van der Waals surface area contributed by atoms with Crippen molar-refractivity contribution in [1.29, 1.82) is 0 Å². The van der Waals surface area contributed by atoms with E-state index in [1.165, 1.54) is 36.4 Å². The van der Waals surface area contributed by atoms with Gasteiger partial charge in [0.1, 0.15) is 0 Å². The van der Waals surface area contributed by atoms with Gasteiger partial charge >= 0.3 is 138 Å². The fraction of sp³-hybridized carbons (Fsp3) is 0.303. The zero-order valence-electron chi connectivity index (χ0n) is 59.1. The number of phenols is 6. The Bertz CT molecular complexity index is 3190. The number of hydrogen-bond donors (Lipinski definition) is 19. The van der Waals surface area contributed by atoms with Crippen LogP contribution in [0.25, 0.3) is 34.4 Å². The normalized spacial score (nSPS) is 9.00. The van der Waals surface area contributed by atoms with Crippen LogP contribution >= 0.6 is 0 Å². The number of rotatable bonds is 25. The third-order valence-electron chi connectivity index (χ3n) is 10.9. The first-order valence-electron chi connectivity index (χ1n) is 30.9. The molecule has 3 aromatic carbocycles. The Morgan fingerprint density at radius 2 is 0.423 bits per heavy atom. The number of aromatic hydroxyl groups is 6. The monoisotopic (exact) mass is 1720 g/mol. The predicted molar refractivity (Wildman–Crippen MR) is 378 cm³/mol. The summed E-state index contributed by atoms with van der Waals surface area (Å²) in [6, 6.07) is 32.7. The molecule has 0 aliphatic rings. The molecule has 0 atom stereocenters. The Kier molecular flexibility index (Phi) is 80.3. The molecule has 41 nitrogen and oxygen atoms in total. The number of carboxylic acids is 8. The van der Waals surface area contributed by atoms with Gasteiger partial charge in [-0.15, -0.1) is 39.3 Å². The molecule has 0 aliphatic heterocycles. The average Bonchev–Trinajstić information content (AvgIpc) is 0.936. The standard InChI is InChI=1S/4C9H9NO4.3C8H10NO2.3C2H7N2.2H2O.4O.4V/c4*11-8(12)4-6-2-1-3-7(10-6)5-9(13)14;3*9-4-3-6-1-2-7(10)8(11)5-6;3*3-1-2-4;;;;;;;;;;/h4*1-3H,4-5H2,(H,11,12)(H,13,14);3*1-2,5,9-11H,3-4H2;3*3H,1-2,4H2;2*1H2;;;;;;;;/q;;;;6*-1;;;;;;;2*+1;2*+2/p-2. The van der Waals surface area contributed by atoms with Crippen molar-refractivity contribution in [3.8, 4) is 34.5 Å². The van der Waals surface area contributed by atoms with Gasteiger partial charge in [-0.2, -0.15) is 0 Å². The minimum absolute atomic E-state index is 0.112. The second-order valence-electron chi connectivity index (χ2n) is 19.8. The van der Waals surface area contributed by atoms with Crippen molar-refractivity contribution in [3.63, 3.8) is 0 Å². The van der Waals surface area contributed by atoms with Gasteiger partial charge in [-0.25, -0.2) is 0 Å². The maximum atomic E-state index is 10.3. The van der Waals surface area contributed by atoms with E-state index in [4.69, 9.17) is 146 Å². The van der Waals surface area contributed by atoms with Gasteiger partial charge in [0.25, 0.3) is 0 Å². The van der Waals surface area contributed by atoms with Gasteiger partial charge in [0, 0.05) is 0 Å². The van der Waals surface area contributed by atoms with Crippen molar-refractivity contribution in [2.75, 3.05) is 58.9 Å². The van der Waals surface area contributed by atoms with Gasteiger partial charge < -0.3 is 123 Å². The summed E-state index contributed by atoms with van der Waals surface area (Å²) < 4.78 is 47.8. The summed E-state index contributed by atoms with van der Waals surface area (Å²) in [4.78, 5) is 98.3. The molecule has 0 amide bonds. The summed E-state index contributed by atoms with van der Waals surface area (Å²) in [5, 5.41) is 122. The average molecular weight is 1720 g/mol. The number of phenolic OH excluding ortho intramolecular Hbond substituents is 6. The van der Waals surface area contributed by atoms with E-state index in [1.807, 2.05) is 0 Å². The number of pyridine rings is 4. The van der Waals surface area contributed by atoms with E-state index in [0.717, 1.165) is 51.4 Å². The van der Waals surface area contributed by atoms with Gasteiger partial charge in [0.2, 0.25) is 0 Å². The van der Waals surface area contributed by atoms with Gasteiger partial charge in [0.05, 0.1) is 96.9 Å². The van der Waals surface area contributed by atoms with E-state index in [0.29, 0.717) is 124 Å². The van der Waals surface area contributed by atoms with E-state index in [2.05, 4.69) is 19.9 Å². The summed E-state index contributed by atoms with van der Waals surface area (Å²) in [5.41, 5.74) is 59.8. The molecule has 7 aromatic rings. The number of nitrogens with two attached hydrogens (primary N) is 3. The van der Waals surface area contributed by atoms with Crippen molar-refractivity contribution in [3.05, 3.63) is 224 Å². The third kappa shape index (κ3) is 75.1. The Morgan fingerprint density at radius 1 is 0.288 bits per heavy atom. The number of nitrogens with one attached hydrogen (secondary N) is 6. The summed E-state index contributed by atoms with van der Waals surface area (Å²) in [6.07, 6.45) is 0.319. The first kappa shape index (κ1) is 114. The summed E-state index contributed by atoms with van der Waals surface area (Å²) >= 11 is -1.00. The van der Waals surface area contributed by atoms with E-state index in [-0.39, 0.29) is 85.9 Å². The molecular weight excluding hydrogens is 1630 g/mol. The molecule has 0 bridgehead atoms. The molecule has 45 heteroatoms. The molecule has 111 heavy (non-hydrogen) atoms. The number of carboxylic acid groups (broad SMARTS) is 8. The molecule has 0 aliphatic carbocycles. The SMILES string of the molecule is O=C(O)Cc1cccc(CC(=O)O)n1.O=C(O)Cc1cccc(CC(=O)O)n1.O=C(O)Cc1cccc(CC(=O)O)n1.O=C(O)Cc1cccc(CC(=O)O)n1.[NH-]CCN.[NH-]CCN.[NH-]CCN.[NH-]CCc1ccc(O)c(O)c1.[NH-]CCc1ccc(O)c(O)c1.[NH-]CCc1ccc(O)c(O)c1.[O]=[V+2].[O]=[V+2].[O]=[V][OH].[O]=[V][OH]. The molecule has 28 N–H and O–H groups in total. The summed E-state index contributed by atoms with van der Waals surface area (Å²) in [7, 11) is 0. The van der Waals surface area contributed by atoms with Crippen LogP contribution in [0.2, 0.25) is 0 Å². The second-order valence-corrected chi connectivity index (χ2v) is 20.3.